The van der Waals surface area contributed by atoms with Crippen molar-refractivity contribution in [3.8, 4) is 5.75 Å². The number of ether oxygens (including phenoxy) is 1. The molecule has 9 heteroatoms. The van der Waals surface area contributed by atoms with Gasteiger partial charge in [0.2, 0.25) is 15.9 Å². The van der Waals surface area contributed by atoms with Crippen molar-refractivity contribution in [2.45, 2.75) is 30.7 Å². The summed E-state index contributed by atoms with van der Waals surface area (Å²) in [6, 6.07) is 4.57. The molecule has 1 N–H and O–H groups in total. The molecule has 1 saturated heterocycles. The smallest absolute Gasteiger partial charge is 0.240 e. The second kappa shape index (κ2) is 7.88. The van der Waals surface area contributed by atoms with E-state index in [0.29, 0.717) is 43.9 Å². The molecule has 0 radical (unpaired) electrons. The normalized spacial score (nSPS) is 14.8. The Morgan fingerprint density at radius 2 is 2.19 bits per heavy atom. The van der Waals surface area contributed by atoms with Crippen LogP contribution in [-0.2, 0) is 21.4 Å². The average molecular weight is 378 g/mol. The Morgan fingerprint density at radius 1 is 1.35 bits per heavy atom. The van der Waals surface area contributed by atoms with E-state index in [1.165, 1.54) is 19.2 Å². The number of nitrogens with zero attached hydrogens (tertiary/aromatic N) is 3. The minimum absolute atomic E-state index is 0.0221. The quantitative estimate of drug-likeness (QED) is 0.701. The molecular weight excluding hydrogens is 356 g/mol. The fourth-order valence-electron chi connectivity index (χ4n) is 2.92. The Hall–Kier alpha value is -2.39. The van der Waals surface area contributed by atoms with E-state index in [-0.39, 0.29) is 10.8 Å². The fraction of sp³-hybridized carbons (Fsp3) is 0.412. The standard InChI is InChI=1S/C17H22N4O4S/c1-25-16-6-5-14(12-15(16)21-10-2-4-17(21)22)26(23,24)19-7-3-9-20-11-8-18-13-20/h5-6,8,11-13,19H,2-4,7,9-10H2,1H3. The molecular formula is C17H22N4O4S. The van der Waals surface area contributed by atoms with E-state index < -0.39 is 10.0 Å². The Morgan fingerprint density at radius 3 is 2.85 bits per heavy atom. The minimum Gasteiger partial charge on any atom is -0.495 e. The van der Waals surface area contributed by atoms with E-state index in [9.17, 15) is 13.2 Å². The van der Waals surface area contributed by atoms with Gasteiger partial charge in [-0.1, -0.05) is 0 Å². The summed E-state index contributed by atoms with van der Waals surface area (Å²) in [6.45, 7) is 1.56. The van der Waals surface area contributed by atoms with Gasteiger partial charge in [-0.3, -0.25) is 4.79 Å². The highest BCUT2D eigenvalue weighted by molar-refractivity contribution is 7.89. The lowest BCUT2D eigenvalue weighted by atomic mass is 10.2. The lowest BCUT2D eigenvalue weighted by Gasteiger charge is -2.20. The van der Waals surface area contributed by atoms with E-state index in [1.54, 1.807) is 23.5 Å². The minimum atomic E-state index is -3.66. The predicted octanol–water partition coefficient (Wildman–Crippen LogP) is 1.39. The lowest BCUT2D eigenvalue weighted by Crippen LogP contribution is -2.27. The number of rotatable bonds is 8. The number of amides is 1. The molecule has 1 fully saturated rings. The van der Waals surface area contributed by atoms with E-state index in [2.05, 4.69) is 9.71 Å². The van der Waals surface area contributed by atoms with Crippen LogP contribution >= 0.6 is 0 Å². The third-order valence-electron chi connectivity index (χ3n) is 4.27. The van der Waals surface area contributed by atoms with Crippen LogP contribution in [0.1, 0.15) is 19.3 Å². The van der Waals surface area contributed by atoms with Crippen molar-refractivity contribution in [1.82, 2.24) is 14.3 Å². The van der Waals surface area contributed by atoms with E-state index in [0.717, 1.165) is 6.42 Å². The Labute approximate surface area is 152 Å². The third-order valence-corrected chi connectivity index (χ3v) is 5.73. The van der Waals surface area contributed by atoms with Crippen molar-refractivity contribution < 1.29 is 17.9 Å². The maximum atomic E-state index is 12.6. The van der Waals surface area contributed by atoms with Gasteiger partial charge in [0.1, 0.15) is 5.75 Å². The van der Waals surface area contributed by atoms with Gasteiger partial charge in [0, 0.05) is 38.4 Å². The van der Waals surface area contributed by atoms with Crippen molar-refractivity contribution in [3.05, 3.63) is 36.9 Å². The molecule has 1 aliphatic heterocycles. The topological polar surface area (TPSA) is 93.5 Å². The summed E-state index contributed by atoms with van der Waals surface area (Å²) in [5.74, 6) is 0.463. The number of anilines is 1. The first-order chi connectivity index (χ1) is 12.5. The van der Waals surface area contributed by atoms with Crippen LogP contribution in [0.2, 0.25) is 0 Å². The van der Waals surface area contributed by atoms with Crippen molar-refractivity contribution in [2.24, 2.45) is 0 Å². The number of nitrogens with one attached hydrogen (secondary N) is 1. The highest BCUT2D eigenvalue weighted by atomic mass is 32.2. The van der Waals surface area contributed by atoms with E-state index >= 15 is 0 Å². The van der Waals surface area contributed by atoms with Crippen LogP contribution in [0.5, 0.6) is 5.75 Å². The highest BCUT2D eigenvalue weighted by Crippen LogP contribution is 2.33. The summed E-state index contributed by atoms with van der Waals surface area (Å²) in [4.78, 5) is 17.7. The summed E-state index contributed by atoms with van der Waals surface area (Å²) in [5, 5.41) is 0. The molecule has 3 rings (SSSR count). The molecule has 0 atom stereocenters. The zero-order valence-corrected chi connectivity index (χ0v) is 15.4. The van der Waals surface area contributed by atoms with Crippen LogP contribution in [0.4, 0.5) is 5.69 Å². The number of carbonyl (C=O) groups excluding carboxylic acids is 1. The van der Waals surface area contributed by atoms with Crippen LogP contribution in [0, 0.1) is 0 Å². The number of hydrogen-bond acceptors (Lipinski definition) is 5. The molecule has 1 aliphatic rings. The predicted molar refractivity (Wildman–Crippen MR) is 96.6 cm³/mol. The summed E-state index contributed by atoms with van der Waals surface area (Å²) in [6.07, 6.45) is 7.07. The van der Waals surface area contributed by atoms with Crippen molar-refractivity contribution in [3.63, 3.8) is 0 Å². The van der Waals surface area contributed by atoms with Crippen LogP contribution in [0.25, 0.3) is 0 Å². The van der Waals surface area contributed by atoms with E-state index in [4.69, 9.17) is 4.74 Å². The number of sulfonamides is 1. The second-order valence-corrected chi connectivity index (χ2v) is 7.80. The van der Waals surface area contributed by atoms with Gasteiger partial charge in [-0.05, 0) is 31.0 Å². The number of aromatic nitrogens is 2. The van der Waals surface area contributed by atoms with Gasteiger partial charge in [-0.15, -0.1) is 0 Å². The monoisotopic (exact) mass is 378 g/mol. The molecule has 0 aliphatic carbocycles. The summed E-state index contributed by atoms with van der Waals surface area (Å²) in [7, 11) is -2.16. The van der Waals surface area contributed by atoms with Gasteiger partial charge in [0.15, 0.2) is 0 Å². The largest absolute Gasteiger partial charge is 0.495 e. The molecule has 140 valence electrons. The Bertz CT molecular complexity index is 865. The Kier molecular flexibility index (Phi) is 5.58. The molecule has 2 heterocycles. The number of carbonyl (C=O) groups is 1. The van der Waals surface area contributed by atoms with Crippen LogP contribution in [0.3, 0.4) is 0 Å². The molecule has 1 amide bonds. The lowest BCUT2D eigenvalue weighted by molar-refractivity contribution is -0.117. The summed E-state index contributed by atoms with van der Waals surface area (Å²) < 4.78 is 34.9. The van der Waals surface area contributed by atoms with Crippen LogP contribution in [-0.4, -0.2) is 44.1 Å². The van der Waals surface area contributed by atoms with Gasteiger partial charge in [-0.25, -0.2) is 18.1 Å². The van der Waals surface area contributed by atoms with Crippen molar-refractivity contribution >= 4 is 21.6 Å². The van der Waals surface area contributed by atoms with Gasteiger partial charge >= 0.3 is 0 Å². The van der Waals surface area contributed by atoms with Gasteiger partial charge < -0.3 is 14.2 Å². The molecule has 26 heavy (non-hydrogen) atoms. The number of methoxy groups -OCH3 is 1. The third kappa shape index (κ3) is 4.05. The molecule has 0 saturated carbocycles. The molecule has 1 aromatic carbocycles. The zero-order chi connectivity index (χ0) is 18.6. The number of imidazole rings is 1. The maximum absolute atomic E-state index is 12.6. The first-order valence-corrected chi connectivity index (χ1v) is 9.93. The van der Waals surface area contributed by atoms with E-state index in [1.807, 2.05) is 10.8 Å². The van der Waals surface area contributed by atoms with Gasteiger partial charge in [-0.2, -0.15) is 0 Å². The van der Waals surface area contributed by atoms with Crippen molar-refractivity contribution in [1.29, 1.82) is 0 Å². The summed E-state index contributed by atoms with van der Waals surface area (Å²) >= 11 is 0. The van der Waals surface area contributed by atoms with Crippen LogP contribution < -0.4 is 14.4 Å². The highest BCUT2D eigenvalue weighted by Gasteiger charge is 2.26. The van der Waals surface area contributed by atoms with Crippen LogP contribution in [0.15, 0.2) is 41.8 Å². The zero-order valence-electron chi connectivity index (χ0n) is 14.6. The number of aryl methyl sites for hydroxylation is 1. The fourth-order valence-corrected chi connectivity index (χ4v) is 4.01. The first kappa shape index (κ1) is 18.4. The summed E-state index contributed by atoms with van der Waals surface area (Å²) in [5.41, 5.74) is 0.497. The molecule has 0 spiro atoms. The second-order valence-electron chi connectivity index (χ2n) is 6.03. The molecule has 8 nitrogen and oxygen atoms in total. The SMILES string of the molecule is COc1ccc(S(=O)(=O)NCCCn2ccnc2)cc1N1CCCC1=O. The number of hydrogen-bond donors (Lipinski definition) is 1. The Balaban J connectivity index is 1.71. The molecule has 0 unspecified atom stereocenters. The van der Waals surface area contributed by atoms with Crippen molar-refractivity contribution in [2.75, 3.05) is 25.1 Å². The molecule has 0 bridgehead atoms. The number of benzene rings is 1. The first-order valence-electron chi connectivity index (χ1n) is 8.45. The van der Waals surface area contributed by atoms with Gasteiger partial charge in [0.25, 0.3) is 0 Å². The van der Waals surface area contributed by atoms with Gasteiger partial charge in [0.05, 0.1) is 24.0 Å². The molecule has 1 aromatic heterocycles. The maximum Gasteiger partial charge on any atom is 0.240 e. The molecule has 2 aromatic rings. The average Bonchev–Trinajstić information content (AvgIpc) is 3.29.